The molecule has 1 amide bonds. The van der Waals surface area contributed by atoms with E-state index in [0.29, 0.717) is 13.1 Å². The highest BCUT2D eigenvalue weighted by atomic mass is 19.4. The topological polar surface area (TPSA) is 43.8 Å². The van der Waals surface area contributed by atoms with Crippen LogP contribution in [0.2, 0.25) is 0 Å². The SMILES string of the molecule is O=C([C@H]1CC12CCN(C[C@@H](O)C(F)(F)F)CC2)N1CCCCC1. The van der Waals surface area contributed by atoms with Gasteiger partial charge in [-0.1, -0.05) is 0 Å². The molecular formula is C16H25F3N2O2. The Morgan fingerprint density at radius 3 is 2.30 bits per heavy atom. The van der Waals surface area contributed by atoms with E-state index in [0.717, 1.165) is 45.2 Å². The molecule has 2 saturated heterocycles. The predicted octanol–water partition coefficient (Wildman–Crippen LogP) is 2.02. The van der Waals surface area contributed by atoms with Crippen LogP contribution in [0.5, 0.6) is 0 Å². The molecule has 1 N–H and O–H groups in total. The maximum Gasteiger partial charge on any atom is 0.415 e. The van der Waals surface area contributed by atoms with Gasteiger partial charge in [0.2, 0.25) is 5.91 Å². The van der Waals surface area contributed by atoms with Crippen molar-refractivity contribution in [2.75, 3.05) is 32.7 Å². The second-order valence-electron chi connectivity index (χ2n) is 7.36. The van der Waals surface area contributed by atoms with Gasteiger partial charge in [0.1, 0.15) is 0 Å². The van der Waals surface area contributed by atoms with Gasteiger partial charge in [-0.3, -0.25) is 4.79 Å². The summed E-state index contributed by atoms with van der Waals surface area (Å²) in [7, 11) is 0. The van der Waals surface area contributed by atoms with Crippen LogP contribution in [-0.4, -0.2) is 65.8 Å². The van der Waals surface area contributed by atoms with Gasteiger partial charge in [-0.05, 0) is 57.0 Å². The van der Waals surface area contributed by atoms with Gasteiger partial charge < -0.3 is 14.9 Å². The molecule has 2 heterocycles. The van der Waals surface area contributed by atoms with Gasteiger partial charge in [0.25, 0.3) is 0 Å². The molecular weight excluding hydrogens is 309 g/mol. The van der Waals surface area contributed by atoms with Crippen LogP contribution in [0.4, 0.5) is 13.2 Å². The van der Waals surface area contributed by atoms with Gasteiger partial charge in [-0.15, -0.1) is 0 Å². The number of likely N-dealkylation sites (tertiary alicyclic amines) is 2. The standard InChI is InChI=1S/C16H25F3N2O2/c17-16(18,19)13(22)11-20-8-4-15(5-9-20)10-12(15)14(23)21-6-2-1-3-7-21/h12-13,22H,1-11H2/t12-,13-/m1/s1. The molecule has 0 aromatic heterocycles. The van der Waals surface area contributed by atoms with Crippen molar-refractivity contribution in [1.29, 1.82) is 0 Å². The zero-order valence-corrected chi connectivity index (χ0v) is 13.3. The Hall–Kier alpha value is -0.820. The fourth-order valence-electron chi connectivity index (χ4n) is 4.11. The number of aliphatic hydroxyl groups is 1. The lowest BCUT2D eigenvalue weighted by Crippen LogP contribution is -2.45. The first-order valence-electron chi connectivity index (χ1n) is 8.58. The first-order valence-corrected chi connectivity index (χ1v) is 8.58. The number of alkyl halides is 3. The molecule has 3 aliphatic rings. The van der Waals surface area contributed by atoms with E-state index in [1.165, 1.54) is 6.42 Å². The van der Waals surface area contributed by atoms with Gasteiger partial charge in [0.15, 0.2) is 6.10 Å². The number of hydrogen-bond acceptors (Lipinski definition) is 3. The highest BCUT2D eigenvalue weighted by Gasteiger charge is 2.59. The van der Waals surface area contributed by atoms with Crippen molar-refractivity contribution in [2.45, 2.75) is 50.8 Å². The van der Waals surface area contributed by atoms with Crippen molar-refractivity contribution in [3.8, 4) is 0 Å². The molecule has 1 aliphatic carbocycles. The van der Waals surface area contributed by atoms with Crippen LogP contribution in [0.15, 0.2) is 0 Å². The van der Waals surface area contributed by atoms with Gasteiger partial charge >= 0.3 is 6.18 Å². The number of nitrogens with zero attached hydrogens (tertiary/aromatic N) is 2. The van der Waals surface area contributed by atoms with Gasteiger partial charge in [0, 0.05) is 25.6 Å². The fourth-order valence-corrected chi connectivity index (χ4v) is 4.11. The number of halogens is 3. The molecule has 0 radical (unpaired) electrons. The minimum Gasteiger partial charge on any atom is -0.382 e. The van der Waals surface area contributed by atoms with Gasteiger partial charge in [0.05, 0.1) is 0 Å². The number of piperidine rings is 2. The average Bonchev–Trinajstić information content (AvgIpc) is 3.23. The first-order chi connectivity index (χ1) is 10.8. The number of hydrogen-bond donors (Lipinski definition) is 1. The van der Waals surface area contributed by atoms with E-state index in [2.05, 4.69) is 0 Å². The molecule has 4 nitrogen and oxygen atoms in total. The molecule has 0 aromatic rings. The van der Waals surface area contributed by atoms with Gasteiger partial charge in [-0.2, -0.15) is 13.2 Å². The number of β-amino-alcohol motifs (C(OH)–C–C–N with tert-alkyl or cyclic N) is 1. The summed E-state index contributed by atoms with van der Waals surface area (Å²) in [4.78, 5) is 16.2. The number of carbonyl (C=O) groups excluding carboxylic acids is 1. The molecule has 23 heavy (non-hydrogen) atoms. The lowest BCUT2D eigenvalue weighted by atomic mass is 9.90. The summed E-state index contributed by atoms with van der Waals surface area (Å²) < 4.78 is 37.2. The summed E-state index contributed by atoms with van der Waals surface area (Å²) in [5, 5.41) is 9.17. The van der Waals surface area contributed by atoms with Crippen LogP contribution in [0.25, 0.3) is 0 Å². The number of aliphatic hydroxyl groups excluding tert-OH is 1. The van der Waals surface area contributed by atoms with E-state index in [1.54, 1.807) is 4.90 Å². The lowest BCUT2D eigenvalue weighted by molar-refractivity contribution is -0.208. The summed E-state index contributed by atoms with van der Waals surface area (Å²) in [6.45, 7) is 2.43. The number of carbonyl (C=O) groups is 1. The van der Waals surface area contributed by atoms with Crippen molar-refractivity contribution in [3.05, 3.63) is 0 Å². The molecule has 1 spiro atoms. The Labute approximate surface area is 134 Å². The van der Waals surface area contributed by atoms with E-state index >= 15 is 0 Å². The number of amides is 1. The van der Waals surface area contributed by atoms with E-state index < -0.39 is 12.3 Å². The molecule has 0 aromatic carbocycles. The molecule has 2 atom stereocenters. The fraction of sp³-hybridized carbons (Fsp3) is 0.938. The molecule has 132 valence electrons. The Kier molecular flexibility index (Phi) is 4.62. The predicted molar refractivity (Wildman–Crippen MR) is 78.7 cm³/mol. The second kappa shape index (κ2) is 6.24. The molecule has 7 heteroatoms. The zero-order valence-electron chi connectivity index (χ0n) is 13.3. The quantitative estimate of drug-likeness (QED) is 0.859. The van der Waals surface area contributed by atoms with Crippen LogP contribution in [0.1, 0.15) is 38.5 Å². The summed E-state index contributed by atoms with van der Waals surface area (Å²) >= 11 is 0. The second-order valence-corrected chi connectivity index (χ2v) is 7.36. The van der Waals surface area contributed by atoms with Crippen LogP contribution in [0.3, 0.4) is 0 Å². The van der Waals surface area contributed by atoms with Crippen molar-refractivity contribution in [1.82, 2.24) is 9.80 Å². The molecule has 3 fully saturated rings. The molecule has 2 aliphatic heterocycles. The Morgan fingerprint density at radius 1 is 1.13 bits per heavy atom. The molecule has 1 saturated carbocycles. The van der Waals surface area contributed by atoms with Gasteiger partial charge in [-0.25, -0.2) is 0 Å². The lowest BCUT2D eigenvalue weighted by Gasteiger charge is -2.35. The zero-order chi connectivity index (χ0) is 16.7. The van der Waals surface area contributed by atoms with Crippen molar-refractivity contribution in [3.63, 3.8) is 0 Å². The Morgan fingerprint density at radius 2 is 1.74 bits per heavy atom. The number of rotatable bonds is 3. The van der Waals surface area contributed by atoms with Crippen molar-refractivity contribution >= 4 is 5.91 Å². The van der Waals surface area contributed by atoms with Crippen molar-refractivity contribution in [2.24, 2.45) is 11.3 Å². The largest absolute Gasteiger partial charge is 0.415 e. The summed E-state index contributed by atoms with van der Waals surface area (Å²) in [6, 6.07) is 0. The highest BCUT2D eigenvalue weighted by Crippen LogP contribution is 2.60. The maximum atomic E-state index is 12.5. The van der Waals surface area contributed by atoms with Crippen LogP contribution in [-0.2, 0) is 4.79 Å². The highest BCUT2D eigenvalue weighted by molar-refractivity contribution is 5.82. The third kappa shape index (κ3) is 3.65. The third-order valence-electron chi connectivity index (χ3n) is 5.82. The van der Waals surface area contributed by atoms with E-state index in [1.807, 2.05) is 4.90 Å². The maximum absolute atomic E-state index is 12.5. The molecule has 3 rings (SSSR count). The van der Waals surface area contributed by atoms with E-state index in [9.17, 15) is 18.0 Å². The summed E-state index contributed by atoms with van der Waals surface area (Å²) in [5.41, 5.74) is 0.0220. The van der Waals surface area contributed by atoms with Crippen LogP contribution in [0, 0.1) is 11.3 Å². The molecule has 0 bridgehead atoms. The minimum absolute atomic E-state index is 0.0220. The average molecular weight is 334 g/mol. The minimum atomic E-state index is -4.55. The van der Waals surface area contributed by atoms with Crippen LogP contribution < -0.4 is 0 Å². The molecule has 0 unspecified atom stereocenters. The Balaban J connectivity index is 1.47. The summed E-state index contributed by atoms with van der Waals surface area (Å²) in [5.74, 6) is 0.337. The smallest absolute Gasteiger partial charge is 0.382 e. The monoisotopic (exact) mass is 334 g/mol. The van der Waals surface area contributed by atoms with E-state index in [4.69, 9.17) is 5.11 Å². The normalized spacial score (nSPS) is 29.6. The third-order valence-corrected chi connectivity index (χ3v) is 5.82. The van der Waals surface area contributed by atoms with Crippen molar-refractivity contribution < 1.29 is 23.1 Å². The van der Waals surface area contributed by atoms with Crippen LogP contribution >= 0.6 is 0 Å². The Bertz CT molecular complexity index is 441. The summed E-state index contributed by atoms with van der Waals surface area (Å²) in [6.07, 6.45) is -1.07. The first kappa shape index (κ1) is 17.0. The van der Waals surface area contributed by atoms with E-state index in [-0.39, 0.29) is 23.8 Å².